The zero-order chi connectivity index (χ0) is 15.6. The fourth-order valence-electron chi connectivity index (χ4n) is 3.69. The summed E-state index contributed by atoms with van der Waals surface area (Å²) in [5.74, 6) is 1.98. The van der Waals surface area contributed by atoms with Crippen molar-refractivity contribution in [2.45, 2.75) is 39.2 Å². The highest BCUT2D eigenvalue weighted by Gasteiger charge is 2.43. The number of likely N-dealkylation sites (tertiary alicyclic amines) is 1. The summed E-state index contributed by atoms with van der Waals surface area (Å²) in [5, 5.41) is 3.50. The second kappa shape index (κ2) is 7.73. The molecule has 2 fully saturated rings. The summed E-state index contributed by atoms with van der Waals surface area (Å²) < 4.78 is 5.40. The van der Waals surface area contributed by atoms with Crippen molar-refractivity contribution >= 4 is 29.9 Å². The minimum Gasteiger partial charge on any atom is -0.496 e. The van der Waals surface area contributed by atoms with Crippen molar-refractivity contribution in [2.75, 3.05) is 27.2 Å². The van der Waals surface area contributed by atoms with E-state index in [0.717, 1.165) is 24.8 Å². The van der Waals surface area contributed by atoms with Crippen LogP contribution >= 0.6 is 24.0 Å². The Morgan fingerprint density at radius 2 is 2.13 bits per heavy atom. The number of benzene rings is 1. The summed E-state index contributed by atoms with van der Waals surface area (Å²) in [6.45, 7) is 5.16. The second-order valence-electron chi connectivity index (χ2n) is 6.73. The van der Waals surface area contributed by atoms with Gasteiger partial charge in [0.05, 0.1) is 7.11 Å². The molecule has 1 heterocycles. The average molecular weight is 429 g/mol. The molecule has 1 aliphatic carbocycles. The zero-order valence-electron chi connectivity index (χ0n) is 14.4. The predicted octanol–water partition coefficient (Wildman–Crippen LogP) is 3.57. The second-order valence-corrected chi connectivity index (χ2v) is 6.73. The lowest BCUT2D eigenvalue weighted by Gasteiger charge is -2.38. The topological polar surface area (TPSA) is 36.9 Å². The molecular formula is C18H28IN3O. The molecule has 23 heavy (non-hydrogen) atoms. The molecule has 1 spiro atoms. The fourth-order valence-corrected chi connectivity index (χ4v) is 3.69. The van der Waals surface area contributed by atoms with Crippen molar-refractivity contribution in [3.05, 3.63) is 29.3 Å². The van der Waals surface area contributed by atoms with E-state index in [4.69, 9.17) is 4.74 Å². The van der Waals surface area contributed by atoms with Crippen LogP contribution in [0.2, 0.25) is 0 Å². The highest BCUT2D eigenvalue weighted by atomic mass is 127. The van der Waals surface area contributed by atoms with Crippen LogP contribution in [0.25, 0.3) is 0 Å². The quantitative estimate of drug-likeness (QED) is 0.454. The molecule has 1 N–H and O–H groups in total. The molecule has 3 rings (SSSR count). The summed E-state index contributed by atoms with van der Waals surface area (Å²) in [5.41, 5.74) is 2.99. The minimum absolute atomic E-state index is 0. The monoisotopic (exact) mass is 429 g/mol. The van der Waals surface area contributed by atoms with E-state index in [1.54, 1.807) is 7.11 Å². The van der Waals surface area contributed by atoms with Gasteiger partial charge in [-0.1, -0.05) is 18.6 Å². The number of ether oxygens (including phenoxy) is 1. The van der Waals surface area contributed by atoms with E-state index >= 15 is 0 Å². The van der Waals surface area contributed by atoms with Gasteiger partial charge in [-0.25, -0.2) is 0 Å². The van der Waals surface area contributed by atoms with Gasteiger partial charge in [-0.05, 0) is 48.8 Å². The Bertz CT molecular complexity index is 569. The van der Waals surface area contributed by atoms with Gasteiger partial charge >= 0.3 is 0 Å². The van der Waals surface area contributed by atoms with Crippen molar-refractivity contribution in [3.63, 3.8) is 0 Å². The van der Waals surface area contributed by atoms with E-state index in [1.165, 1.54) is 43.4 Å². The number of hydrogen-bond acceptors (Lipinski definition) is 2. The number of aryl methyl sites for hydroxylation is 1. The number of methoxy groups -OCH3 is 1. The Balaban J connectivity index is 0.00000192. The molecule has 0 aromatic heterocycles. The van der Waals surface area contributed by atoms with Gasteiger partial charge in [-0.3, -0.25) is 4.99 Å². The third-order valence-corrected chi connectivity index (χ3v) is 5.29. The lowest BCUT2D eigenvalue weighted by Crippen LogP contribution is -2.42. The maximum atomic E-state index is 5.40. The van der Waals surface area contributed by atoms with Crippen LogP contribution in [0.1, 0.15) is 36.8 Å². The summed E-state index contributed by atoms with van der Waals surface area (Å²) >= 11 is 0. The van der Waals surface area contributed by atoms with E-state index in [2.05, 4.69) is 40.3 Å². The van der Waals surface area contributed by atoms with Gasteiger partial charge in [-0.2, -0.15) is 0 Å². The standard InChI is InChI=1S/C18H27N3O.HI/c1-14-5-6-15(11-16(14)22-3)12-20-17(19-2)21-10-9-18(13-21)7-4-8-18;/h5-6,11H,4,7-10,12-13H2,1-3H3,(H,19,20);1H. The van der Waals surface area contributed by atoms with Crippen molar-refractivity contribution in [1.82, 2.24) is 10.2 Å². The Morgan fingerprint density at radius 3 is 2.70 bits per heavy atom. The van der Waals surface area contributed by atoms with Crippen LogP contribution in [-0.4, -0.2) is 38.1 Å². The SMILES string of the molecule is CN=C(NCc1ccc(C)c(OC)c1)N1CCC2(CCC2)C1.I. The highest BCUT2D eigenvalue weighted by Crippen LogP contribution is 2.47. The molecule has 5 heteroatoms. The number of guanidine groups is 1. The first kappa shape index (κ1) is 18.4. The molecule has 0 amide bonds. The van der Waals surface area contributed by atoms with E-state index < -0.39 is 0 Å². The molecular weight excluding hydrogens is 401 g/mol. The molecule has 0 bridgehead atoms. The van der Waals surface area contributed by atoms with Crippen LogP contribution in [0.4, 0.5) is 0 Å². The van der Waals surface area contributed by atoms with Crippen LogP contribution in [0, 0.1) is 12.3 Å². The van der Waals surface area contributed by atoms with Crippen LogP contribution in [0.3, 0.4) is 0 Å². The predicted molar refractivity (Wildman–Crippen MR) is 106 cm³/mol. The van der Waals surface area contributed by atoms with Gasteiger partial charge in [0.2, 0.25) is 0 Å². The first-order valence-electron chi connectivity index (χ1n) is 8.25. The lowest BCUT2D eigenvalue weighted by atomic mass is 9.68. The summed E-state index contributed by atoms with van der Waals surface area (Å²) in [7, 11) is 3.60. The molecule has 1 saturated heterocycles. The first-order chi connectivity index (χ1) is 10.7. The molecule has 0 unspecified atom stereocenters. The smallest absolute Gasteiger partial charge is 0.193 e. The van der Waals surface area contributed by atoms with Gasteiger partial charge in [0, 0.05) is 26.7 Å². The number of hydrogen-bond donors (Lipinski definition) is 1. The van der Waals surface area contributed by atoms with Crippen molar-refractivity contribution in [1.29, 1.82) is 0 Å². The Morgan fingerprint density at radius 1 is 1.35 bits per heavy atom. The molecule has 0 radical (unpaired) electrons. The number of rotatable bonds is 3. The third-order valence-electron chi connectivity index (χ3n) is 5.29. The van der Waals surface area contributed by atoms with Crippen molar-refractivity contribution in [3.8, 4) is 5.75 Å². The molecule has 1 saturated carbocycles. The van der Waals surface area contributed by atoms with Gasteiger partial charge in [0.25, 0.3) is 0 Å². The van der Waals surface area contributed by atoms with Crippen molar-refractivity contribution in [2.24, 2.45) is 10.4 Å². The van der Waals surface area contributed by atoms with Gasteiger partial charge in [-0.15, -0.1) is 24.0 Å². The number of nitrogens with one attached hydrogen (secondary N) is 1. The van der Waals surface area contributed by atoms with E-state index in [9.17, 15) is 0 Å². The zero-order valence-corrected chi connectivity index (χ0v) is 16.7. The molecule has 4 nitrogen and oxygen atoms in total. The minimum atomic E-state index is 0. The Kier molecular flexibility index (Phi) is 6.17. The average Bonchev–Trinajstić information content (AvgIpc) is 2.95. The summed E-state index contributed by atoms with van der Waals surface area (Å²) in [6.07, 6.45) is 5.53. The highest BCUT2D eigenvalue weighted by molar-refractivity contribution is 14.0. The maximum absolute atomic E-state index is 5.40. The van der Waals surface area contributed by atoms with Gasteiger partial charge < -0.3 is 15.0 Å². The summed E-state index contributed by atoms with van der Waals surface area (Å²) in [6, 6.07) is 6.36. The molecule has 128 valence electrons. The van der Waals surface area contributed by atoms with E-state index in [1.807, 2.05) is 7.05 Å². The van der Waals surface area contributed by atoms with Crippen LogP contribution in [0.5, 0.6) is 5.75 Å². The third kappa shape index (κ3) is 3.92. The number of nitrogens with zero attached hydrogens (tertiary/aromatic N) is 2. The fraction of sp³-hybridized carbons (Fsp3) is 0.611. The van der Waals surface area contributed by atoms with Gasteiger partial charge in [0.1, 0.15) is 5.75 Å². The lowest BCUT2D eigenvalue weighted by molar-refractivity contribution is 0.151. The summed E-state index contributed by atoms with van der Waals surface area (Å²) in [4.78, 5) is 6.89. The molecule has 1 aliphatic heterocycles. The van der Waals surface area contributed by atoms with Crippen LogP contribution in [0.15, 0.2) is 23.2 Å². The number of halogens is 1. The van der Waals surface area contributed by atoms with E-state index in [-0.39, 0.29) is 24.0 Å². The van der Waals surface area contributed by atoms with E-state index in [0.29, 0.717) is 5.41 Å². The normalized spacial score (nSPS) is 19.3. The van der Waals surface area contributed by atoms with Crippen molar-refractivity contribution < 1.29 is 4.74 Å². The Hall–Kier alpha value is -0.980. The largest absolute Gasteiger partial charge is 0.496 e. The van der Waals surface area contributed by atoms with Crippen LogP contribution < -0.4 is 10.1 Å². The first-order valence-corrected chi connectivity index (χ1v) is 8.25. The molecule has 1 aromatic carbocycles. The van der Waals surface area contributed by atoms with Gasteiger partial charge in [0.15, 0.2) is 5.96 Å². The Labute approximate surface area is 156 Å². The molecule has 0 atom stereocenters. The van der Waals surface area contributed by atoms with Crippen LogP contribution in [-0.2, 0) is 6.54 Å². The number of aliphatic imine (C=N–C) groups is 1. The maximum Gasteiger partial charge on any atom is 0.193 e. The molecule has 2 aliphatic rings. The molecule has 1 aromatic rings.